The summed E-state index contributed by atoms with van der Waals surface area (Å²) in [6.45, 7) is 2.15. The topological polar surface area (TPSA) is 88.3 Å². The second kappa shape index (κ2) is 8.69. The predicted octanol–water partition coefficient (Wildman–Crippen LogP) is 3.34. The summed E-state index contributed by atoms with van der Waals surface area (Å²) in [7, 11) is 0. The van der Waals surface area contributed by atoms with E-state index >= 15 is 0 Å². The number of primary amides is 1. The minimum atomic E-state index is -0.317. The van der Waals surface area contributed by atoms with E-state index in [-0.39, 0.29) is 28.0 Å². The lowest BCUT2D eigenvalue weighted by atomic mass is 9.97. The number of pyridine rings is 1. The molecule has 1 aromatic heterocycles. The number of nitrogens with zero attached hydrogens (tertiary/aromatic N) is 2. The Bertz CT molecular complexity index is 839. The lowest BCUT2D eigenvalue weighted by Gasteiger charge is -2.31. The summed E-state index contributed by atoms with van der Waals surface area (Å²) >= 11 is 11.8. The van der Waals surface area contributed by atoms with E-state index in [0.717, 1.165) is 24.9 Å². The van der Waals surface area contributed by atoms with Crippen LogP contribution in [0.5, 0.6) is 0 Å². The van der Waals surface area contributed by atoms with E-state index in [1.807, 2.05) is 24.3 Å². The Hall–Kier alpha value is -2.15. The third kappa shape index (κ3) is 5.19. The molecule has 0 saturated carbocycles. The van der Waals surface area contributed by atoms with Gasteiger partial charge in [-0.05, 0) is 43.1 Å². The minimum absolute atomic E-state index is 0.124. The van der Waals surface area contributed by atoms with Crippen LogP contribution in [0.25, 0.3) is 0 Å². The van der Waals surface area contributed by atoms with Crippen molar-refractivity contribution < 1.29 is 9.59 Å². The van der Waals surface area contributed by atoms with Crippen LogP contribution in [0.3, 0.4) is 0 Å². The molecule has 27 heavy (non-hydrogen) atoms. The van der Waals surface area contributed by atoms with Crippen LogP contribution < -0.4 is 11.1 Å². The van der Waals surface area contributed by atoms with Gasteiger partial charge >= 0.3 is 0 Å². The summed E-state index contributed by atoms with van der Waals surface area (Å²) in [5, 5.41) is 3.22. The van der Waals surface area contributed by atoms with Crippen LogP contribution >= 0.6 is 23.2 Å². The molecule has 3 N–H and O–H groups in total. The number of hydrogen-bond acceptors (Lipinski definition) is 4. The first kappa shape index (κ1) is 19.6. The van der Waals surface area contributed by atoms with E-state index in [4.69, 9.17) is 28.9 Å². The van der Waals surface area contributed by atoms with Crippen molar-refractivity contribution in [2.24, 2.45) is 11.7 Å². The Morgan fingerprint density at radius 3 is 2.63 bits per heavy atom. The lowest BCUT2D eigenvalue weighted by Crippen LogP contribution is -2.40. The summed E-state index contributed by atoms with van der Waals surface area (Å²) < 4.78 is 0. The molecule has 1 fully saturated rings. The smallest absolute Gasteiger partial charge is 0.255 e. The van der Waals surface area contributed by atoms with Crippen molar-refractivity contribution >= 4 is 40.7 Å². The Labute approximate surface area is 167 Å². The maximum atomic E-state index is 12.6. The average molecular weight is 407 g/mol. The fourth-order valence-electron chi connectivity index (χ4n) is 3.24. The normalized spacial score (nSPS) is 17.5. The fourth-order valence-corrected chi connectivity index (χ4v) is 3.70. The number of anilines is 1. The second-order valence-electron chi connectivity index (χ2n) is 6.59. The van der Waals surface area contributed by atoms with Crippen molar-refractivity contribution in [3.63, 3.8) is 0 Å². The van der Waals surface area contributed by atoms with E-state index in [1.165, 1.54) is 12.1 Å². The van der Waals surface area contributed by atoms with Gasteiger partial charge in [-0.15, -0.1) is 0 Å². The Morgan fingerprint density at radius 1 is 1.22 bits per heavy atom. The molecule has 1 aliphatic heterocycles. The van der Waals surface area contributed by atoms with E-state index in [2.05, 4.69) is 15.2 Å². The SMILES string of the molecule is NC(=O)C1CCCN(Cc2ccccc2NC(=O)c2cc(Cl)nc(Cl)c2)C1. The molecular formula is C19H20Cl2N4O2. The lowest BCUT2D eigenvalue weighted by molar-refractivity contribution is -0.123. The number of benzene rings is 1. The molecule has 1 aliphatic rings. The number of carbonyl (C=O) groups excluding carboxylic acids is 2. The zero-order valence-electron chi connectivity index (χ0n) is 14.6. The summed E-state index contributed by atoms with van der Waals surface area (Å²) in [6.07, 6.45) is 1.75. The molecule has 6 nitrogen and oxygen atoms in total. The third-order valence-corrected chi connectivity index (χ3v) is 4.98. The minimum Gasteiger partial charge on any atom is -0.369 e. The number of rotatable bonds is 5. The van der Waals surface area contributed by atoms with Crippen LogP contribution in [-0.2, 0) is 11.3 Å². The average Bonchev–Trinajstić information content (AvgIpc) is 2.62. The van der Waals surface area contributed by atoms with Gasteiger partial charge in [0.25, 0.3) is 5.91 Å². The first-order valence-electron chi connectivity index (χ1n) is 8.66. The molecule has 1 atom stereocenters. The molecule has 142 valence electrons. The molecule has 3 rings (SSSR count). The first-order chi connectivity index (χ1) is 12.9. The van der Waals surface area contributed by atoms with Gasteiger partial charge in [0.1, 0.15) is 10.3 Å². The van der Waals surface area contributed by atoms with Crippen LogP contribution in [0.15, 0.2) is 36.4 Å². The monoisotopic (exact) mass is 406 g/mol. The van der Waals surface area contributed by atoms with Crippen LogP contribution in [0.1, 0.15) is 28.8 Å². The van der Waals surface area contributed by atoms with Crippen molar-refractivity contribution in [1.29, 1.82) is 0 Å². The molecule has 2 aromatic rings. The molecule has 8 heteroatoms. The molecule has 0 bridgehead atoms. The number of carbonyl (C=O) groups is 2. The van der Waals surface area contributed by atoms with Gasteiger partial charge in [0.05, 0.1) is 5.92 Å². The zero-order valence-corrected chi connectivity index (χ0v) is 16.1. The summed E-state index contributed by atoms with van der Waals surface area (Å²) in [4.78, 5) is 30.1. The van der Waals surface area contributed by atoms with Crippen molar-refractivity contribution in [3.8, 4) is 0 Å². The highest BCUT2D eigenvalue weighted by Crippen LogP contribution is 2.23. The number of nitrogens with one attached hydrogen (secondary N) is 1. The summed E-state index contributed by atoms with van der Waals surface area (Å²) in [5.74, 6) is -0.698. The van der Waals surface area contributed by atoms with E-state index < -0.39 is 0 Å². The standard InChI is InChI=1S/C19H20Cl2N4O2/c20-16-8-14(9-17(21)24-16)19(27)23-15-6-2-1-4-12(15)10-25-7-3-5-13(11-25)18(22)26/h1-2,4,6,8-9,13H,3,5,7,10-11H2,(H2,22,26)(H,23,27). The molecule has 0 aliphatic carbocycles. The molecular weight excluding hydrogens is 387 g/mol. The molecule has 2 heterocycles. The summed E-state index contributed by atoms with van der Waals surface area (Å²) in [5.41, 5.74) is 7.45. The highest BCUT2D eigenvalue weighted by atomic mass is 35.5. The van der Waals surface area contributed by atoms with Crippen molar-refractivity contribution in [3.05, 3.63) is 57.8 Å². The van der Waals surface area contributed by atoms with E-state index in [0.29, 0.717) is 24.3 Å². The highest BCUT2D eigenvalue weighted by molar-refractivity contribution is 6.33. The predicted molar refractivity (Wildman–Crippen MR) is 106 cm³/mol. The van der Waals surface area contributed by atoms with Crippen molar-refractivity contribution in [2.45, 2.75) is 19.4 Å². The number of amides is 2. The Morgan fingerprint density at radius 2 is 1.93 bits per heavy atom. The molecule has 2 amide bonds. The Balaban J connectivity index is 1.74. The van der Waals surface area contributed by atoms with Gasteiger partial charge < -0.3 is 11.1 Å². The number of nitrogens with two attached hydrogens (primary N) is 1. The molecule has 0 radical (unpaired) electrons. The van der Waals surface area contributed by atoms with Crippen LogP contribution in [0, 0.1) is 5.92 Å². The van der Waals surface area contributed by atoms with Gasteiger partial charge in [0.15, 0.2) is 0 Å². The number of halogens is 2. The fraction of sp³-hybridized carbons (Fsp3) is 0.316. The van der Waals surface area contributed by atoms with Crippen LogP contribution in [-0.4, -0.2) is 34.8 Å². The van der Waals surface area contributed by atoms with Crippen LogP contribution in [0.2, 0.25) is 10.3 Å². The Kier molecular flexibility index (Phi) is 6.31. The number of aromatic nitrogens is 1. The van der Waals surface area contributed by atoms with E-state index in [9.17, 15) is 9.59 Å². The number of para-hydroxylation sites is 1. The maximum absolute atomic E-state index is 12.6. The first-order valence-corrected chi connectivity index (χ1v) is 9.42. The van der Waals surface area contributed by atoms with Gasteiger partial charge in [-0.25, -0.2) is 4.98 Å². The second-order valence-corrected chi connectivity index (χ2v) is 7.36. The van der Waals surface area contributed by atoms with Gasteiger partial charge in [-0.2, -0.15) is 0 Å². The van der Waals surface area contributed by atoms with Crippen molar-refractivity contribution in [2.75, 3.05) is 18.4 Å². The van der Waals surface area contributed by atoms with E-state index in [1.54, 1.807) is 0 Å². The van der Waals surface area contributed by atoms with Gasteiger partial charge in [0.2, 0.25) is 5.91 Å². The zero-order chi connectivity index (χ0) is 19.4. The molecule has 1 saturated heterocycles. The van der Waals surface area contributed by atoms with Gasteiger partial charge in [-0.3, -0.25) is 14.5 Å². The number of piperidine rings is 1. The van der Waals surface area contributed by atoms with Crippen molar-refractivity contribution in [1.82, 2.24) is 9.88 Å². The molecule has 0 spiro atoms. The summed E-state index contributed by atoms with van der Waals surface area (Å²) in [6, 6.07) is 10.5. The van der Waals surface area contributed by atoms with Gasteiger partial charge in [-0.1, -0.05) is 41.4 Å². The largest absolute Gasteiger partial charge is 0.369 e. The number of hydrogen-bond donors (Lipinski definition) is 2. The number of likely N-dealkylation sites (tertiary alicyclic amines) is 1. The van der Waals surface area contributed by atoms with Gasteiger partial charge in [0, 0.05) is 24.3 Å². The molecule has 1 aromatic carbocycles. The third-order valence-electron chi connectivity index (χ3n) is 4.59. The van der Waals surface area contributed by atoms with Crippen LogP contribution in [0.4, 0.5) is 5.69 Å². The maximum Gasteiger partial charge on any atom is 0.255 e. The molecule has 1 unspecified atom stereocenters. The quantitative estimate of drug-likeness (QED) is 0.745. The highest BCUT2D eigenvalue weighted by Gasteiger charge is 2.24.